The number of amides is 2. The third kappa shape index (κ3) is 5.50. The maximum Gasteiger partial charge on any atom is 0.250 e. The number of hydrogen-bond acceptors (Lipinski definition) is 6. The molecule has 4 rings (SSSR count). The van der Waals surface area contributed by atoms with Gasteiger partial charge in [-0.2, -0.15) is 11.3 Å². The molecule has 0 saturated heterocycles. The zero-order valence-corrected chi connectivity index (χ0v) is 20.5. The standard InChI is InChI=1S/C24H23N3O3S3/c1-16-20(24(25)30)11-21(27(16)13-19-5-3-8-33-19)22(28)14-26(12-18-4-2-7-32-18)23(29)10-17-6-9-31-15-17/h2-9,11,15H,10,12-14H2,1H3,(H2,25,30). The second kappa shape index (κ2) is 10.3. The molecule has 0 aromatic carbocycles. The third-order valence-corrected chi connectivity index (χ3v) is 7.82. The number of carbonyl (C=O) groups excluding carboxylic acids is 3. The van der Waals surface area contributed by atoms with Gasteiger partial charge in [0, 0.05) is 15.4 Å². The number of rotatable bonds is 10. The topological polar surface area (TPSA) is 85.4 Å². The van der Waals surface area contributed by atoms with Gasteiger partial charge in [-0.15, -0.1) is 22.7 Å². The van der Waals surface area contributed by atoms with Crippen molar-refractivity contribution in [1.29, 1.82) is 0 Å². The normalized spacial score (nSPS) is 10.9. The molecule has 4 aromatic heterocycles. The van der Waals surface area contributed by atoms with Crippen LogP contribution in [0.2, 0.25) is 0 Å². The van der Waals surface area contributed by atoms with E-state index in [2.05, 4.69) is 0 Å². The minimum absolute atomic E-state index is 0.0764. The quantitative estimate of drug-likeness (QED) is 0.325. The molecular weight excluding hydrogens is 474 g/mol. The van der Waals surface area contributed by atoms with Crippen molar-refractivity contribution in [1.82, 2.24) is 9.47 Å². The molecule has 0 radical (unpaired) electrons. The average Bonchev–Trinajstić information content (AvgIpc) is 3.57. The Morgan fingerprint density at radius 1 is 1.03 bits per heavy atom. The van der Waals surface area contributed by atoms with Gasteiger partial charge in [0.05, 0.1) is 37.3 Å². The average molecular weight is 498 g/mol. The lowest BCUT2D eigenvalue weighted by atomic mass is 10.2. The predicted molar refractivity (Wildman–Crippen MR) is 133 cm³/mol. The molecule has 2 N–H and O–H groups in total. The monoisotopic (exact) mass is 497 g/mol. The summed E-state index contributed by atoms with van der Waals surface area (Å²) in [6.07, 6.45) is 0.240. The summed E-state index contributed by atoms with van der Waals surface area (Å²) in [5.74, 6) is -0.911. The van der Waals surface area contributed by atoms with Gasteiger partial charge in [0.15, 0.2) is 5.78 Å². The molecule has 170 valence electrons. The molecule has 6 nitrogen and oxygen atoms in total. The number of nitrogens with two attached hydrogens (primary N) is 1. The molecule has 0 aliphatic heterocycles. The van der Waals surface area contributed by atoms with Crippen LogP contribution in [-0.4, -0.2) is 33.6 Å². The van der Waals surface area contributed by atoms with Gasteiger partial charge in [-0.3, -0.25) is 14.4 Å². The Morgan fingerprint density at radius 3 is 2.36 bits per heavy atom. The van der Waals surface area contributed by atoms with E-state index in [4.69, 9.17) is 5.73 Å². The third-order valence-electron chi connectivity index (χ3n) is 5.36. The zero-order chi connectivity index (χ0) is 23.4. The van der Waals surface area contributed by atoms with Gasteiger partial charge in [0.2, 0.25) is 5.91 Å². The SMILES string of the molecule is Cc1c(C(N)=O)cc(C(=O)CN(Cc2cccs2)C(=O)Cc2ccsc2)n1Cc1cccs1. The minimum atomic E-state index is -0.574. The molecule has 0 aliphatic carbocycles. The van der Waals surface area contributed by atoms with Crippen LogP contribution in [0.15, 0.2) is 57.9 Å². The van der Waals surface area contributed by atoms with E-state index in [0.29, 0.717) is 30.0 Å². The van der Waals surface area contributed by atoms with E-state index in [-0.39, 0.29) is 24.7 Å². The summed E-state index contributed by atoms with van der Waals surface area (Å²) in [6, 6.07) is 11.3. The van der Waals surface area contributed by atoms with Crippen LogP contribution < -0.4 is 5.73 Å². The number of Topliss-reactive ketones (excluding diaryl/α,β-unsaturated/α-hetero) is 1. The smallest absolute Gasteiger partial charge is 0.250 e. The van der Waals surface area contributed by atoms with Crippen molar-refractivity contribution in [2.45, 2.75) is 26.4 Å². The first-order chi connectivity index (χ1) is 15.9. The molecule has 0 saturated carbocycles. The lowest BCUT2D eigenvalue weighted by Crippen LogP contribution is -2.36. The molecule has 0 fully saturated rings. The second-order valence-electron chi connectivity index (χ2n) is 7.62. The lowest BCUT2D eigenvalue weighted by Gasteiger charge is -2.22. The summed E-state index contributed by atoms with van der Waals surface area (Å²) in [5.41, 5.74) is 7.85. The van der Waals surface area contributed by atoms with Gasteiger partial charge >= 0.3 is 0 Å². The molecule has 0 unspecified atom stereocenters. The van der Waals surface area contributed by atoms with E-state index in [0.717, 1.165) is 15.3 Å². The summed E-state index contributed by atoms with van der Waals surface area (Å²) >= 11 is 4.66. The van der Waals surface area contributed by atoms with Crippen LogP contribution in [0, 0.1) is 6.92 Å². The van der Waals surface area contributed by atoms with Crippen molar-refractivity contribution in [3.8, 4) is 0 Å². The number of hydrogen-bond donors (Lipinski definition) is 1. The highest BCUT2D eigenvalue weighted by Crippen LogP contribution is 2.21. The van der Waals surface area contributed by atoms with Gasteiger partial charge in [-0.25, -0.2) is 0 Å². The minimum Gasteiger partial charge on any atom is -0.366 e. The molecule has 4 aromatic rings. The van der Waals surface area contributed by atoms with Gasteiger partial charge < -0.3 is 15.2 Å². The highest BCUT2D eigenvalue weighted by atomic mass is 32.1. The molecule has 0 atom stereocenters. The first kappa shape index (κ1) is 23.2. The number of ketones is 1. The summed E-state index contributed by atoms with van der Waals surface area (Å²) in [6.45, 7) is 2.54. The number of aromatic nitrogens is 1. The molecule has 0 aliphatic rings. The fourth-order valence-corrected chi connectivity index (χ4v) is 5.73. The number of thiophene rings is 3. The maximum atomic E-state index is 13.5. The molecule has 0 bridgehead atoms. The number of carbonyl (C=O) groups is 3. The first-order valence-electron chi connectivity index (χ1n) is 10.3. The summed E-state index contributed by atoms with van der Waals surface area (Å²) in [7, 11) is 0. The van der Waals surface area contributed by atoms with Crippen molar-refractivity contribution >= 4 is 51.6 Å². The summed E-state index contributed by atoms with van der Waals surface area (Å²) in [5, 5.41) is 7.80. The highest BCUT2D eigenvalue weighted by molar-refractivity contribution is 7.10. The van der Waals surface area contributed by atoms with E-state index >= 15 is 0 Å². The Hall–Kier alpha value is -3.01. The van der Waals surface area contributed by atoms with Gasteiger partial charge in [-0.05, 0) is 58.3 Å². The van der Waals surface area contributed by atoms with Crippen molar-refractivity contribution in [3.63, 3.8) is 0 Å². The fraction of sp³-hybridized carbons (Fsp3) is 0.208. The highest BCUT2D eigenvalue weighted by Gasteiger charge is 2.25. The molecular formula is C24H23N3O3S3. The van der Waals surface area contributed by atoms with Gasteiger partial charge in [0.1, 0.15) is 0 Å². The van der Waals surface area contributed by atoms with Crippen molar-refractivity contribution in [3.05, 3.63) is 90.2 Å². The molecule has 9 heteroatoms. The van der Waals surface area contributed by atoms with Crippen LogP contribution in [0.25, 0.3) is 0 Å². The summed E-state index contributed by atoms with van der Waals surface area (Å²) in [4.78, 5) is 42.2. The lowest BCUT2D eigenvalue weighted by molar-refractivity contribution is -0.130. The Morgan fingerprint density at radius 2 is 1.76 bits per heavy atom. The molecule has 0 spiro atoms. The Bertz CT molecular complexity index is 1240. The van der Waals surface area contributed by atoms with E-state index in [9.17, 15) is 14.4 Å². The van der Waals surface area contributed by atoms with Crippen LogP contribution in [0.4, 0.5) is 0 Å². The summed E-state index contributed by atoms with van der Waals surface area (Å²) < 4.78 is 1.82. The Kier molecular flexibility index (Phi) is 7.22. The van der Waals surface area contributed by atoms with Crippen LogP contribution >= 0.6 is 34.0 Å². The maximum absolute atomic E-state index is 13.5. The van der Waals surface area contributed by atoms with Crippen LogP contribution in [0.5, 0.6) is 0 Å². The largest absolute Gasteiger partial charge is 0.366 e. The van der Waals surface area contributed by atoms with E-state index in [1.165, 1.54) is 11.3 Å². The Labute approximate surface area is 203 Å². The van der Waals surface area contributed by atoms with Crippen molar-refractivity contribution in [2.75, 3.05) is 6.54 Å². The van der Waals surface area contributed by atoms with Gasteiger partial charge in [0.25, 0.3) is 5.91 Å². The van der Waals surface area contributed by atoms with Crippen molar-refractivity contribution < 1.29 is 14.4 Å². The van der Waals surface area contributed by atoms with Crippen LogP contribution in [0.1, 0.15) is 41.9 Å². The predicted octanol–water partition coefficient (Wildman–Crippen LogP) is 4.58. The van der Waals surface area contributed by atoms with E-state index in [1.807, 2.05) is 56.4 Å². The van der Waals surface area contributed by atoms with Gasteiger partial charge in [-0.1, -0.05) is 12.1 Å². The fourth-order valence-electron chi connectivity index (χ4n) is 3.64. The Balaban J connectivity index is 1.62. The van der Waals surface area contributed by atoms with Crippen LogP contribution in [0.3, 0.4) is 0 Å². The first-order valence-corrected chi connectivity index (χ1v) is 13.0. The molecule has 4 heterocycles. The molecule has 33 heavy (non-hydrogen) atoms. The van der Waals surface area contributed by atoms with E-state index in [1.54, 1.807) is 40.6 Å². The van der Waals surface area contributed by atoms with E-state index < -0.39 is 5.91 Å². The van der Waals surface area contributed by atoms with Crippen LogP contribution in [-0.2, 0) is 24.3 Å². The number of primary amides is 1. The second-order valence-corrected chi connectivity index (χ2v) is 10.5. The number of nitrogens with zero attached hydrogens (tertiary/aromatic N) is 2. The molecule has 2 amide bonds. The van der Waals surface area contributed by atoms with Crippen molar-refractivity contribution in [2.24, 2.45) is 5.73 Å². The zero-order valence-electron chi connectivity index (χ0n) is 18.0.